The first-order chi connectivity index (χ1) is 9.84. The van der Waals surface area contributed by atoms with Crippen LogP contribution in [0.2, 0.25) is 0 Å². The Morgan fingerprint density at radius 2 is 1.95 bits per heavy atom. The molecule has 1 atom stereocenters. The van der Waals surface area contributed by atoms with Gasteiger partial charge in [-0.1, -0.05) is 55.9 Å². The van der Waals surface area contributed by atoms with Crippen molar-refractivity contribution in [2.75, 3.05) is 6.54 Å². The molecule has 0 radical (unpaired) electrons. The molecule has 0 fully saturated rings. The molecule has 21 heavy (non-hydrogen) atoms. The van der Waals surface area contributed by atoms with Crippen LogP contribution in [-0.4, -0.2) is 16.1 Å². The van der Waals surface area contributed by atoms with Crippen molar-refractivity contribution in [1.29, 1.82) is 0 Å². The zero-order chi connectivity index (χ0) is 15.6. The van der Waals surface area contributed by atoms with Crippen LogP contribution in [0.4, 0.5) is 0 Å². The second-order valence-electron chi connectivity index (χ2n) is 6.59. The van der Waals surface area contributed by atoms with E-state index in [1.807, 2.05) is 0 Å². The summed E-state index contributed by atoms with van der Waals surface area (Å²) in [6.07, 6.45) is 0. The number of nitrogens with one attached hydrogen (secondary N) is 1. The molecule has 0 aliphatic rings. The summed E-state index contributed by atoms with van der Waals surface area (Å²) in [6, 6.07) is 6.80. The van der Waals surface area contributed by atoms with Crippen molar-refractivity contribution in [2.24, 2.45) is 0 Å². The summed E-state index contributed by atoms with van der Waals surface area (Å²) in [5.41, 5.74) is 5.02. The number of rotatable bonds is 4. The van der Waals surface area contributed by atoms with Gasteiger partial charge in [-0.25, -0.2) is 0 Å². The van der Waals surface area contributed by atoms with Crippen molar-refractivity contribution in [3.8, 4) is 0 Å². The molecule has 0 saturated heterocycles. The van der Waals surface area contributed by atoms with E-state index in [0.717, 1.165) is 12.2 Å². The van der Waals surface area contributed by atoms with Crippen molar-refractivity contribution >= 4 is 11.5 Å². The Bertz CT molecular complexity index is 611. The van der Waals surface area contributed by atoms with E-state index in [-0.39, 0.29) is 11.5 Å². The minimum Gasteiger partial charge on any atom is -0.306 e. The van der Waals surface area contributed by atoms with Crippen LogP contribution in [0.3, 0.4) is 0 Å². The Balaban J connectivity index is 2.54. The molecule has 1 N–H and O–H groups in total. The second kappa shape index (κ2) is 6.24. The zero-order valence-electron chi connectivity index (χ0n) is 13.8. The highest BCUT2D eigenvalue weighted by Crippen LogP contribution is 2.35. The summed E-state index contributed by atoms with van der Waals surface area (Å²) in [5.74, 6) is 0. The van der Waals surface area contributed by atoms with Crippen LogP contribution in [0.25, 0.3) is 0 Å². The smallest absolute Gasteiger partial charge is 0.0860 e. The average Bonchev–Trinajstić information content (AvgIpc) is 2.88. The van der Waals surface area contributed by atoms with Gasteiger partial charge in [0.2, 0.25) is 0 Å². The normalized spacial score (nSPS) is 13.4. The van der Waals surface area contributed by atoms with Crippen LogP contribution in [0.1, 0.15) is 61.0 Å². The highest BCUT2D eigenvalue weighted by atomic mass is 32.1. The van der Waals surface area contributed by atoms with Gasteiger partial charge in [0.25, 0.3) is 0 Å². The fraction of sp³-hybridized carbons (Fsp3) is 0.529. The van der Waals surface area contributed by atoms with Crippen LogP contribution in [0.5, 0.6) is 0 Å². The van der Waals surface area contributed by atoms with E-state index in [1.54, 1.807) is 0 Å². The topological polar surface area (TPSA) is 37.8 Å². The summed E-state index contributed by atoms with van der Waals surface area (Å²) >= 11 is 1.51. The van der Waals surface area contributed by atoms with E-state index in [1.165, 1.54) is 33.1 Å². The molecule has 0 amide bonds. The van der Waals surface area contributed by atoms with Crippen LogP contribution in [0, 0.1) is 13.8 Å². The maximum absolute atomic E-state index is 4.40. The van der Waals surface area contributed by atoms with Gasteiger partial charge in [0.1, 0.15) is 0 Å². The molecule has 0 saturated carbocycles. The van der Waals surface area contributed by atoms with Gasteiger partial charge in [0, 0.05) is 5.41 Å². The molecular formula is C17H25N3S. The maximum atomic E-state index is 4.40. The summed E-state index contributed by atoms with van der Waals surface area (Å²) in [6.45, 7) is 14.0. The Morgan fingerprint density at radius 3 is 2.57 bits per heavy atom. The number of hydrogen-bond acceptors (Lipinski definition) is 4. The molecule has 0 spiro atoms. The predicted octanol–water partition coefficient (Wildman–Crippen LogP) is 4.15. The molecule has 1 aromatic carbocycles. The Morgan fingerprint density at radius 1 is 1.24 bits per heavy atom. The fourth-order valence-electron chi connectivity index (χ4n) is 2.53. The molecule has 2 rings (SSSR count). The van der Waals surface area contributed by atoms with Crippen molar-refractivity contribution in [3.63, 3.8) is 0 Å². The Labute approximate surface area is 132 Å². The van der Waals surface area contributed by atoms with Gasteiger partial charge in [-0.2, -0.15) is 0 Å². The first-order valence-corrected chi connectivity index (χ1v) is 8.25. The average molecular weight is 303 g/mol. The van der Waals surface area contributed by atoms with Gasteiger partial charge in [0.15, 0.2) is 0 Å². The minimum atomic E-state index is 0.00767. The van der Waals surface area contributed by atoms with Gasteiger partial charge < -0.3 is 5.32 Å². The maximum Gasteiger partial charge on any atom is 0.0860 e. The van der Waals surface area contributed by atoms with Crippen LogP contribution in [-0.2, 0) is 5.41 Å². The number of aromatic nitrogens is 2. The molecule has 0 aliphatic carbocycles. The quantitative estimate of drug-likeness (QED) is 0.922. The van der Waals surface area contributed by atoms with E-state index >= 15 is 0 Å². The van der Waals surface area contributed by atoms with Gasteiger partial charge in [-0.15, -0.1) is 5.10 Å². The monoisotopic (exact) mass is 303 g/mol. The molecule has 2 aromatic rings. The number of benzene rings is 1. The van der Waals surface area contributed by atoms with Crippen molar-refractivity contribution in [1.82, 2.24) is 14.9 Å². The van der Waals surface area contributed by atoms with E-state index in [9.17, 15) is 0 Å². The number of hydrogen-bond donors (Lipinski definition) is 1. The van der Waals surface area contributed by atoms with E-state index in [2.05, 4.69) is 74.6 Å². The molecule has 0 bridgehead atoms. The van der Waals surface area contributed by atoms with Gasteiger partial charge in [-0.3, -0.25) is 0 Å². The Hall–Kier alpha value is -1.26. The van der Waals surface area contributed by atoms with E-state index in [0.29, 0.717) is 0 Å². The van der Waals surface area contributed by atoms with Crippen LogP contribution < -0.4 is 5.32 Å². The van der Waals surface area contributed by atoms with Gasteiger partial charge in [0.05, 0.1) is 16.6 Å². The van der Waals surface area contributed by atoms with Crippen molar-refractivity contribution in [3.05, 3.63) is 45.5 Å². The van der Waals surface area contributed by atoms with E-state index in [4.69, 9.17) is 0 Å². The number of nitrogens with zero attached hydrogens (tertiary/aromatic N) is 2. The highest BCUT2D eigenvalue weighted by Gasteiger charge is 2.28. The molecule has 0 aliphatic heterocycles. The van der Waals surface area contributed by atoms with Crippen molar-refractivity contribution < 1.29 is 0 Å². The summed E-state index contributed by atoms with van der Waals surface area (Å²) in [7, 11) is 0. The predicted molar refractivity (Wildman–Crippen MR) is 90.0 cm³/mol. The SMILES string of the molecule is CCNC(c1cc(C)ccc1C)c1snnc1C(C)(C)C. The third kappa shape index (κ3) is 3.50. The fourth-order valence-corrected chi connectivity index (χ4v) is 3.49. The van der Waals surface area contributed by atoms with E-state index < -0.39 is 0 Å². The molecule has 3 nitrogen and oxygen atoms in total. The molecule has 4 heteroatoms. The van der Waals surface area contributed by atoms with Crippen LogP contribution >= 0.6 is 11.5 Å². The highest BCUT2D eigenvalue weighted by molar-refractivity contribution is 7.05. The molecule has 1 heterocycles. The summed E-state index contributed by atoms with van der Waals surface area (Å²) in [4.78, 5) is 1.23. The lowest BCUT2D eigenvalue weighted by Crippen LogP contribution is -2.25. The molecule has 114 valence electrons. The minimum absolute atomic E-state index is 0.00767. The molecule has 1 unspecified atom stereocenters. The summed E-state index contributed by atoms with van der Waals surface area (Å²) in [5, 5.41) is 8.01. The first kappa shape index (κ1) is 16.1. The summed E-state index contributed by atoms with van der Waals surface area (Å²) < 4.78 is 4.22. The number of aryl methyl sites for hydroxylation is 2. The zero-order valence-corrected chi connectivity index (χ0v) is 14.6. The standard InChI is InChI=1S/C17H25N3S/c1-7-18-14(13-10-11(2)8-9-12(13)3)15-16(17(4,5)6)19-20-21-15/h8-10,14,18H,7H2,1-6H3. The lowest BCUT2D eigenvalue weighted by atomic mass is 9.87. The largest absolute Gasteiger partial charge is 0.306 e. The lowest BCUT2D eigenvalue weighted by molar-refractivity contribution is 0.542. The first-order valence-electron chi connectivity index (χ1n) is 7.48. The van der Waals surface area contributed by atoms with Crippen LogP contribution in [0.15, 0.2) is 18.2 Å². The third-order valence-electron chi connectivity index (χ3n) is 3.64. The van der Waals surface area contributed by atoms with Crippen molar-refractivity contribution in [2.45, 2.75) is 53.0 Å². The molecule has 1 aromatic heterocycles. The molecular weight excluding hydrogens is 278 g/mol. The third-order valence-corrected chi connectivity index (χ3v) is 4.43. The lowest BCUT2D eigenvalue weighted by Gasteiger charge is -2.24. The van der Waals surface area contributed by atoms with Gasteiger partial charge in [-0.05, 0) is 43.1 Å². The second-order valence-corrected chi connectivity index (χ2v) is 7.37. The van der Waals surface area contributed by atoms with Gasteiger partial charge >= 0.3 is 0 Å². The Kier molecular flexibility index (Phi) is 4.79.